The van der Waals surface area contributed by atoms with E-state index < -0.39 is 0 Å². The molecular weight excluding hydrogens is 208 g/mol. The van der Waals surface area contributed by atoms with E-state index in [1.54, 1.807) is 32.4 Å². The Balaban J connectivity index is 3.00. The predicted octanol–water partition coefficient (Wildman–Crippen LogP) is 0.311. The van der Waals surface area contributed by atoms with E-state index in [2.05, 4.69) is 10.2 Å². The van der Waals surface area contributed by atoms with Gasteiger partial charge in [0.2, 0.25) is 5.96 Å². The molecule has 0 aromatic heterocycles. The van der Waals surface area contributed by atoms with Crippen molar-refractivity contribution >= 4 is 12.2 Å². The van der Waals surface area contributed by atoms with E-state index in [-0.39, 0.29) is 5.96 Å². The number of hydrogen-bond acceptors (Lipinski definition) is 4. The average molecular weight is 222 g/mol. The van der Waals surface area contributed by atoms with Crippen LogP contribution in [0.3, 0.4) is 0 Å². The Labute approximate surface area is 93.6 Å². The van der Waals surface area contributed by atoms with Crippen LogP contribution >= 0.6 is 0 Å². The Morgan fingerprint density at radius 2 is 2.00 bits per heavy atom. The molecular formula is C10H14N4O2. The van der Waals surface area contributed by atoms with Gasteiger partial charge in [-0.2, -0.15) is 5.10 Å². The van der Waals surface area contributed by atoms with Crippen molar-refractivity contribution in [2.75, 3.05) is 14.2 Å². The minimum atomic E-state index is -0.0990. The van der Waals surface area contributed by atoms with Gasteiger partial charge in [-0.05, 0) is 18.2 Å². The van der Waals surface area contributed by atoms with Crippen LogP contribution in [-0.2, 0) is 0 Å². The zero-order valence-corrected chi connectivity index (χ0v) is 9.18. The average Bonchev–Trinajstić information content (AvgIpc) is 2.28. The third kappa shape index (κ3) is 3.16. The van der Waals surface area contributed by atoms with Crippen LogP contribution in [0, 0.1) is 0 Å². The summed E-state index contributed by atoms with van der Waals surface area (Å²) < 4.78 is 10.2. The van der Waals surface area contributed by atoms with Crippen molar-refractivity contribution in [3.63, 3.8) is 0 Å². The van der Waals surface area contributed by atoms with Crippen LogP contribution in [0.5, 0.6) is 11.5 Å². The molecule has 0 atom stereocenters. The molecule has 0 aliphatic rings. The highest BCUT2D eigenvalue weighted by atomic mass is 16.5. The van der Waals surface area contributed by atoms with Crippen molar-refractivity contribution in [1.82, 2.24) is 0 Å². The van der Waals surface area contributed by atoms with Crippen LogP contribution in [0.25, 0.3) is 0 Å². The van der Waals surface area contributed by atoms with E-state index in [1.165, 1.54) is 6.21 Å². The van der Waals surface area contributed by atoms with E-state index in [1.807, 2.05) is 0 Å². The number of hydrogen-bond donors (Lipinski definition) is 2. The van der Waals surface area contributed by atoms with Gasteiger partial charge in [0.05, 0.1) is 20.4 Å². The maximum Gasteiger partial charge on any atom is 0.211 e. The summed E-state index contributed by atoms with van der Waals surface area (Å²) in [6, 6.07) is 5.33. The van der Waals surface area contributed by atoms with Crippen LogP contribution in [0.1, 0.15) is 5.56 Å². The van der Waals surface area contributed by atoms with Crippen molar-refractivity contribution in [1.29, 1.82) is 0 Å². The normalized spacial score (nSPS) is 10.1. The fraction of sp³-hybridized carbons (Fsp3) is 0.200. The molecule has 0 fully saturated rings. The fourth-order valence-corrected chi connectivity index (χ4v) is 1.10. The lowest BCUT2D eigenvalue weighted by molar-refractivity contribution is 0.402. The predicted molar refractivity (Wildman–Crippen MR) is 62.9 cm³/mol. The maximum atomic E-state index is 5.14. The van der Waals surface area contributed by atoms with Crippen molar-refractivity contribution in [3.05, 3.63) is 23.8 Å². The quantitative estimate of drug-likeness (QED) is 0.435. The summed E-state index contributed by atoms with van der Waals surface area (Å²) in [5.74, 6) is 1.26. The Kier molecular flexibility index (Phi) is 4.14. The van der Waals surface area contributed by atoms with Crippen LogP contribution < -0.4 is 20.9 Å². The summed E-state index contributed by atoms with van der Waals surface area (Å²) in [6.45, 7) is 0. The van der Waals surface area contributed by atoms with Crippen molar-refractivity contribution in [2.24, 2.45) is 21.7 Å². The van der Waals surface area contributed by atoms with Gasteiger partial charge in [-0.1, -0.05) is 0 Å². The summed E-state index contributed by atoms with van der Waals surface area (Å²) in [5.41, 5.74) is 11.0. The Morgan fingerprint density at radius 3 is 2.56 bits per heavy atom. The van der Waals surface area contributed by atoms with Crippen LogP contribution in [0.4, 0.5) is 0 Å². The fourth-order valence-electron chi connectivity index (χ4n) is 1.10. The zero-order chi connectivity index (χ0) is 12.0. The van der Waals surface area contributed by atoms with Crippen molar-refractivity contribution < 1.29 is 9.47 Å². The lowest BCUT2D eigenvalue weighted by atomic mass is 10.2. The topological polar surface area (TPSA) is 95.2 Å². The van der Waals surface area contributed by atoms with Gasteiger partial charge in [0.15, 0.2) is 0 Å². The van der Waals surface area contributed by atoms with E-state index in [4.69, 9.17) is 20.9 Å². The molecule has 1 rings (SSSR count). The molecule has 0 unspecified atom stereocenters. The Morgan fingerprint density at radius 1 is 1.25 bits per heavy atom. The number of rotatable bonds is 4. The molecule has 0 saturated carbocycles. The number of nitrogens with two attached hydrogens (primary N) is 2. The molecule has 86 valence electrons. The molecule has 0 bridgehead atoms. The van der Waals surface area contributed by atoms with Gasteiger partial charge in [0, 0.05) is 5.56 Å². The molecule has 16 heavy (non-hydrogen) atoms. The second kappa shape index (κ2) is 5.59. The second-order valence-electron chi connectivity index (χ2n) is 2.88. The molecule has 0 aliphatic heterocycles. The SMILES string of the molecule is COc1ccc(OC)c(/C=N\N=C(N)N)c1. The number of methoxy groups -OCH3 is 2. The summed E-state index contributed by atoms with van der Waals surface area (Å²) in [7, 11) is 3.15. The largest absolute Gasteiger partial charge is 0.497 e. The third-order valence-corrected chi connectivity index (χ3v) is 1.81. The van der Waals surface area contributed by atoms with Gasteiger partial charge in [-0.15, -0.1) is 5.10 Å². The molecule has 0 aliphatic carbocycles. The number of nitrogens with zero attached hydrogens (tertiary/aromatic N) is 2. The molecule has 1 aromatic rings. The first-order valence-electron chi connectivity index (χ1n) is 4.51. The van der Waals surface area contributed by atoms with E-state index in [0.717, 1.165) is 5.56 Å². The number of benzene rings is 1. The molecule has 0 amide bonds. The molecule has 0 heterocycles. The third-order valence-electron chi connectivity index (χ3n) is 1.81. The minimum absolute atomic E-state index is 0.0990. The molecule has 6 nitrogen and oxygen atoms in total. The van der Waals surface area contributed by atoms with Gasteiger partial charge in [0.1, 0.15) is 11.5 Å². The summed E-state index contributed by atoms with van der Waals surface area (Å²) in [4.78, 5) is 0. The van der Waals surface area contributed by atoms with Gasteiger partial charge in [-0.25, -0.2) is 0 Å². The number of ether oxygens (including phenoxy) is 2. The molecule has 0 spiro atoms. The lowest BCUT2D eigenvalue weighted by Crippen LogP contribution is -2.21. The first-order valence-corrected chi connectivity index (χ1v) is 4.51. The highest BCUT2D eigenvalue weighted by Crippen LogP contribution is 2.22. The smallest absolute Gasteiger partial charge is 0.211 e. The standard InChI is InChI=1S/C10H14N4O2/c1-15-8-3-4-9(16-2)7(5-8)6-13-14-10(11)12/h3-6H,1-2H3,(H4,11,12,14)/b13-6-. The second-order valence-corrected chi connectivity index (χ2v) is 2.88. The maximum absolute atomic E-state index is 5.14. The van der Waals surface area contributed by atoms with Gasteiger partial charge in [0.25, 0.3) is 0 Å². The Hall–Kier alpha value is -2.24. The van der Waals surface area contributed by atoms with Crippen molar-refractivity contribution in [3.8, 4) is 11.5 Å². The van der Waals surface area contributed by atoms with Crippen LogP contribution in [0.15, 0.2) is 28.4 Å². The van der Waals surface area contributed by atoms with E-state index >= 15 is 0 Å². The van der Waals surface area contributed by atoms with Gasteiger partial charge >= 0.3 is 0 Å². The first-order chi connectivity index (χ1) is 7.67. The summed E-state index contributed by atoms with van der Waals surface area (Å²) in [5, 5.41) is 7.20. The first kappa shape index (κ1) is 11.8. The highest BCUT2D eigenvalue weighted by molar-refractivity contribution is 5.85. The Bertz CT molecular complexity index is 411. The summed E-state index contributed by atoms with van der Waals surface area (Å²) in [6.07, 6.45) is 1.49. The molecule has 1 aromatic carbocycles. The molecule has 0 radical (unpaired) electrons. The van der Waals surface area contributed by atoms with Crippen LogP contribution in [-0.4, -0.2) is 26.4 Å². The number of guanidine groups is 1. The van der Waals surface area contributed by atoms with E-state index in [9.17, 15) is 0 Å². The van der Waals surface area contributed by atoms with Gasteiger partial charge < -0.3 is 20.9 Å². The van der Waals surface area contributed by atoms with E-state index in [0.29, 0.717) is 11.5 Å². The monoisotopic (exact) mass is 222 g/mol. The van der Waals surface area contributed by atoms with Gasteiger partial charge in [-0.3, -0.25) is 0 Å². The molecule has 6 heteroatoms. The summed E-state index contributed by atoms with van der Waals surface area (Å²) >= 11 is 0. The molecule has 0 saturated heterocycles. The molecule has 4 N–H and O–H groups in total. The lowest BCUT2D eigenvalue weighted by Gasteiger charge is -2.06. The minimum Gasteiger partial charge on any atom is -0.497 e. The van der Waals surface area contributed by atoms with Crippen LogP contribution in [0.2, 0.25) is 0 Å². The highest BCUT2D eigenvalue weighted by Gasteiger charge is 2.01. The van der Waals surface area contributed by atoms with Crippen molar-refractivity contribution in [2.45, 2.75) is 0 Å². The zero-order valence-electron chi connectivity index (χ0n) is 9.18.